The lowest BCUT2D eigenvalue weighted by Gasteiger charge is -2.11. The van der Waals surface area contributed by atoms with Crippen molar-refractivity contribution < 1.29 is 14.7 Å². The summed E-state index contributed by atoms with van der Waals surface area (Å²) < 4.78 is 1.71. The quantitative estimate of drug-likeness (QED) is 0.687. The topological polar surface area (TPSA) is 95.7 Å². The zero-order valence-corrected chi connectivity index (χ0v) is 13.0. The number of hydrogen-bond acceptors (Lipinski definition) is 3. The maximum Gasteiger partial charge on any atom is 0.404 e. The van der Waals surface area contributed by atoms with E-state index in [1.165, 1.54) is 6.20 Å². The summed E-state index contributed by atoms with van der Waals surface area (Å²) in [6.45, 7) is 2.05. The lowest BCUT2D eigenvalue weighted by Crippen LogP contribution is -2.20. The van der Waals surface area contributed by atoms with Crippen molar-refractivity contribution in [3.05, 3.63) is 65.6 Å². The van der Waals surface area contributed by atoms with Crippen LogP contribution >= 0.6 is 0 Å². The van der Waals surface area contributed by atoms with Crippen molar-refractivity contribution in [3.8, 4) is 0 Å². The highest BCUT2D eigenvalue weighted by Gasteiger charge is 2.13. The molecule has 0 aliphatic carbocycles. The fourth-order valence-electron chi connectivity index (χ4n) is 2.38. The van der Waals surface area contributed by atoms with Crippen LogP contribution in [0.3, 0.4) is 0 Å². The van der Waals surface area contributed by atoms with Crippen LogP contribution in [0.4, 0.5) is 10.5 Å². The van der Waals surface area contributed by atoms with Crippen LogP contribution < -0.4 is 10.6 Å². The number of fused-ring (bicyclic) bond motifs is 1. The number of nitrogens with one attached hydrogen (secondary N) is 2. The number of anilines is 1. The van der Waals surface area contributed by atoms with Crippen LogP contribution in [-0.2, 0) is 6.54 Å². The molecule has 0 radical (unpaired) electrons. The van der Waals surface area contributed by atoms with Crippen LogP contribution in [0.1, 0.15) is 21.6 Å². The Hall–Kier alpha value is -3.35. The van der Waals surface area contributed by atoms with E-state index >= 15 is 0 Å². The van der Waals surface area contributed by atoms with Gasteiger partial charge in [0.2, 0.25) is 0 Å². The number of aryl methyl sites for hydroxylation is 1. The Morgan fingerprint density at radius 1 is 1.25 bits per heavy atom. The lowest BCUT2D eigenvalue weighted by molar-refractivity contribution is 0.102. The Bertz CT molecular complexity index is 917. The number of rotatable bonds is 4. The first kappa shape index (κ1) is 15.5. The van der Waals surface area contributed by atoms with Crippen LogP contribution in [0.5, 0.6) is 0 Å². The molecular weight excluding hydrogens is 308 g/mol. The zero-order chi connectivity index (χ0) is 17.1. The molecule has 3 rings (SSSR count). The van der Waals surface area contributed by atoms with E-state index in [2.05, 4.69) is 15.6 Å². The minimum absolute atomic E-state index is 0.175. The van der Waals surface area contributed by atoms with Gasteiger partial charge in [0.05, 0.1) is 6.20 Å². The van der Waals surface area contributed by atoms with E-state index in [0.29, 0.717) is 17.0 Å². The maximum atomic E-state index is 12.5. The van der Waals surface area contributed by atoms with E-state index in [1.54, 1.807) is 16.7 Å². The third kappa shape index (κ3) is 3.19. The second kappa shape index (κ2) is 6.41. The van der Waals surface area contributed by atoms with E-state index in [0.717, 1.165) is 11.1 Å². The smallest absolute Gasteiger partial charge is 0.404 e. The molecule has 1 aromatic carbocycles. The van der Waals surface area contributed by atoms with Gasteiger partial charge in [0.25, 0.3) is 5.91 Å². The minimum atomic E-state index is -1.09. The number of carbonyl (C=O) groups excluding carboxylic acids is 1. The number of nitrogens with zero attached hydrogens (tertiary/aromatic N) is 2. The molecule has 0 bridgehead atoms. The van der Waals surface area contributed by atoms with Crippen LogP contribution in [0, 0.1) is 6.92 Å². The summed E-state index contributed by atoms with van der Waals surface area (Å²) in [6, 6.07) is 10.9. The molecule has 0 unspecified atom stereocenters. The minimum Gasteiger partial charge on any atom is -0.465 e. The monoisotopic (exact) mass is 324 g/mol. The average molecular weight is 324 g/mol. The van der Waals surface area contributed by atoms with Crippen molar-refractivity contribution in [2.75, 3.05) is 5.32 Å². The van der Waals surface area contributed by atoms with Crippen LogP contribution in [0.2, 0.25) is 0 Å². The van der Waals surface area contributed by atoms with Gasteiger partial charge in [0.15, 0.2) is 0 Å². The molecular formula is C17H16N4O3. The van der Waals surface area contributed by atoms with Gasteiger partial charge >= 0.3 is 6.09 Å². The number of hydrogen-bond donors (Lipinski definition) is 3. The van der Waals surface area contributed by atoms with Crippen molar-refractivity contribution in [1.29, 1.82) is 0 Å². The molecule has 0 saturated carbocycles. The molecule has 0 atom stereocenters. The standard InChI is InChI=1S/C17H16N4O3/c1-11-5-6-12(9-19-17(23)24)8-13(11)20-16(22)14-10-18-15-4-2-3-7-21(14)15/h2-8,10,19H,9H2,1H3,(H,20,22)(H,23,24). The molecule has 0 fully saturated rings. The molecule has 0 saturated heterocycles. The van der Waals surface area contributed by atoms with Gasteiger partial charge in [-0.2, -0.15) is 0 Å². The highest BCUT2D eigenvalue weighted by Crippen LogP contribution is 2.18. The van der Waals surface area contributed by atoms with Crippen LogP contribution in [-0.4, -0.2) is 26.5 Å². The maximum absolute atomic E-state index is 12.5. The Morgan fingerprint density at radius 3 is 2.88 bits per heavy atom. The summed E-state index contributed by atoms with van der Waals surface area (Å²) in [5.74, 6) is -0.278. The summed E-state index contributed by atoms with van der Waals surface area (Å²) in [4.78, 5) is 27.3. The number of benzene rings is 1. The van der Waals surface area contributed by atoms with Gasteiger partial charge in [0.1, 0.15) is 11.3 Å². The van der Waals surface area contributed by atoms with Gasteiger partial charge in [-0.1, -0.05) is 18.2 Å². The summed E-state index contributed by atoms with van der Waals surface area (Å²) in [5.41, 5.74) is 3.40. The summed E-state index contributed by atoms with van der Waals surface area (Å²) >= 11 is 0. The summed E-state index contributed by atoms with van der Waals surface area (Å²) in [7, 11) is 0. The molecule has 24 heavy (non-hydrogen) atoms. The number of amides is 2. The van der Waals surface area contributed by atoms with Crippen molar-refractivity contribution in [1.82, 2.24) is 14.7 Å². The molecule has 2 heterocycles. The predicted molar refractivity (Wildman–Crippen MR) is 89.2 cm³/mol. The van der Waals surface area contributed by atoms with Gasteiger partial charge in [-0.25, -0.2) is 9.78 Å². The lowest BCUT2D eigenvalue weighted by atomic mass is 10.1. The van der Waals surface area contributed by atoms with Crippen LogP contribution in [0.15, 0.2) is 48.8 Å². The zero-order valence-electron chi connectivity index (χ0n) is 13.0. The van der Waals surface area contributed by atoms with E-state index in [4.69, 9.17) is 5.11 Å². The second-order valence-corrected chi connectivity index (χ2v) is 5.33. The molecule has 3 N–H and O–H groups in total. The molecule has 2 aromatic heterocycles. The third-order valence-corrected chi connectivity index (χ3v) is 3.64. The molecule has 0 aliphatic heterocycles. The number of carbonyl (C=O) groups is 2. The third-order valence-electron chi connectivity index (χ3n) is 3.64. The molecule has 2 amide bonds. The van der Waals surface area contributed by atoms with E-state index < -0.39 is 6.09 Å². The Morgan fingerprint density at radius 2 is 2.08 bits per heavy atom. The molecule has 122 valence electrons. The van der Waals surface area contributed by atoms with E-state index in [9.17, 15) is 9.59 Å². The van der Waals surface area contributed by atoms with Gasteiger partial charge in [-0.15, -0.1) is 0 Å². The molecule has 3 aromatic rings. The highest BCUT2D eigenvalue weighted by atomic mass is 16.4. The van der Waals surface area contributed by atoms with Gasteiger partial charge < -0.3 is 15.7 Å². The number of carboxylic acid groups (broad SMARTS) is 1. The molecule has 0 spiro atoms. The van der Waals surface area contributed by atoms with Gasteiger partial charge in [0, 0.05) is 18.4 Å². The fourth-order valence-corrected chi connectivity index (χ4v) is 2.38. The molecule has 0 aliphatic rings. The van der Waals surface area contributed by atoms with Crippen LogP contribution in [0.25, 0.3) is 5.65 Å². The SMILES string of the molecule is Cc1ccc(CNC(=O)O)cc1NC(=O)c1cnc2ccccn12. The number of imidazole rings is 1. The van der Waals surface area contributed by atoms with Crippen molar-refractivity contribution in [2.24, 2.45) is 0 Å². The Labute approximate surface area is 138 Å². The second-order valence-electron chi connectivity index (χ2n) is 5.33. The van der Waals surface area contributed by atoms with Crippen molar-refractivity contribution in [3.63, 3.8) is 0 Å². The Kier molecular flexibility index (Phi) is 4.15. The van der Waals surface area contributed by atoms with E-state index in [1.807, 2.05) is 37.3 Å². The number of aromatic nitrogens is 2. The first-order valence-corrected chi connectivity index (χ1v) is 7.34. The summed E-state index contributed by atoms with van der Waals surface area (Å²) in [5, 5.41) is 13.8. The first-order valence-electron chi connectivity index (χ1n) is 7.34. The highest BCUT2D eigenvalue weighted by molar-refractivity contribution is 6.03. The first-order chi connectivity index (χ1) is 11.5. The van der Waals surface area contributed by atoms with Crippen molar-refractivity contribution >= 4 is 23.3 Å². The summed E-state index contributed by atoms with van der Waals surface area (Å²) in [6.07, 6.45) is 2.21. The van der Waals surface area contributed by atoms with Gasteiger partial charge in [-0.3, -0.25) is 9.20 Å². The Balaban J connectivity index is 1.83. The van der Waals surface area contributed by atoms with Gasteiger partial charge in [-0.05, 0) is 36.2 Å². The average Bonchev–Trinajstić information content (AvgIpc) is 2.99. The number of pyridine rings is 1. The largest absolute Gasteiger partial charge is 0.465 e. The molecule has 7 heteroatoms. The van der Waals surface area contributed by atoms with Crippen molar-refractivity contribution in [2.45, 2.75) is 13.5 Å². The molecule has 7 nitrogen and oxygen atoms in total. The fraction of sp³-hybridized carbons (Fsp3) is 0.118. The van der Waals surface area contributed by atoms with E-state index in [-0.39, 0.29) is 12.5 Å². The normalized spacial score (nSPS) is 10.5. The predicted octanol–water partition coefficient (Wildman–Crippen LogP) is 2.66.